The second-order valence-corrected chi connectivity index (χ2v) is 6.06. The van der Waals surface area contributed by atoms with Crippen LogP contribution in [0.1, 0.15) is 33.1 Å². The van der Waals surface area contributed by atoms with E-state index < -0.39 is 23.9 Å². The highest BCUT2D eigenvalue weighted by molar-refractivity contribution is 5.92. The maximum absolute atomic E-state index is 12.0. The van der Waals surface area contributed by atoms with Gasteiger partial charge in [0.2, 0.25) is 0 Å². The van der Waals surface area contributed by atoms with Crippen molar-refractivity contribution in [2.24, 2.45) is 0 Å². The zero-order valence-corrected chi connectivity index (χ0v) is 11.8. The quantitative estimate of drug-likeness (QED) is 0.453. The largest absolute Gasteiger partial charge is 0.454 e. The van der Waals surface area contributed by atoms with E-state index in [1.54, 1.807) is 0 Å². The Morgan fingerprint density at radius 3 is 2.90 bits per heavy atom. The van der Waals surface area contributed by atoms with E-state index in [-0.39, 0.29) is 12.6 Å². The first kappa shape index (κ1) is 13.8. The molecule has 4 atom stereocenters. The highest BCUT2D eigenvalue weighted by Gasteiger charge is 2.67. The van der Waals surface area contributed by atoms with Gasteiger partial charge in [0.25, 0.3) is 0 Å². The van der Waals surface area contributed by atoms with Crippen molar-refractivity contribution in [2.45, 2.75) is 57.0 Å². The highest BCUT2D eigenvalue weighted by atomic mass is 16.6. The minimum absolute atomic E-state index is 0.150. The zero-order chi connectivity index (χ0) is 14.5. The summed E-state index contributed by atoms with van der Waals surface area (Å²) in [5.74, 6) is -0.333. The third-order valence-corrected chi connectivity index (χ3v) is 4.36. The highest BCUT2D eigenvalue weighted by Crippen LogP contribution is 2.52. The van der Waals surface area contributed by atoms with Gasteiger partial charge in [-0.25, -0.2) is 4.79 Å². The van der Waals surface area contributed by atoms with Crippen molar-refractivity contribution in [3.05, 3.63) is 22.8 Å². The second-order valence-electron chi connectivity index (χ2n) is 6.06. The summed E-state index contributed by atoms with van der Waals surface area (Å²) in [4.78, 5) is 12.0. The molecule has 0 radical (unpaired) electrons. The molecule has 110 valence electrons. The number of ether oxygens (including phenoxy) is 2. The molecule has 3 aliphatic rings. The molecule has 3 rings (SSSR count). The molecule has 4 unspecified atom stereocenters. The molecule has 2 N–H and O–H groups in total. The average Bonchev–Trinajstić information content (AvgIpc) is 3.03. The Kier molecular flexibility index (Phi) is 3.23. The smallest absolute Gasteiger partial charge is 0.334 e. The molecule has 1 aliphatic carbocycles. The maximum Gasteiger partial charge on any atom is 0.334 e. The van der Waals surface area contributed by atoms with Crippen LogP contribution in [0.3, 0.4) is 0 Å². The van der Waals surface area contributed by atoms with E-state index in [4.69, 9.17) is 9.47 Å². The van der Waals surface area contributed by atoms with E-state index in [0.717, 1.165) is 6.42 Å². The number of carbonyl (C=O) groups is 1. The predicted molar refractivity (Wildman–Crippen MR) is 70.9 cm³/mol. The maximum atomic E-state index is 12.0. The predicted octanol–water partition coefficient (Wildman–Crippen LogP) is 0.849. The first-order valence-electron chi connectivity index (χ1n) is 7.02. The summed E-state index contributed by atoms with van der Waals surface area (Å²) in [5, 5.41) is 19.7. The van der Waals surface area contributed by atoms with Crippen LogP contribution >= 0.6 is 0 Å². The Morgan fingerprint density at radius 2 is 2.25 bits per heavy atom. The lowest BCUT2D eigenvalue weighted by molar-refractivity contribution is -0.141. The molecule has 5 nitrogen and oxygen atoms in total. The standard InChI is InChI=1S/C15H20O5/c1-8(2)4-3-5-9-11-10(19-14(9)18)6-15(7-16)13(20-15)12(11)17/h4,10,12-13,16-17H,3,5-7H2,1-2H3. The van der Waals surface area contributed by atoms with Crippen molar-refractivity contribution in [2.75, 3.05) is 6.61 Å². The Labute approximate surface area is 117 Å². The number of rotatable bonds is 4. The fourth-order valence-electron chi connectivity index (χ4n) is 3.25. The van der Waals surface area contributed by atoms with Gasteiger partial charge in [-0.15, -0.1) is 0 Å². The van der Waals surface area contributed by atoms with Gasteiger partial charge in [0, 0.05) is 17.6 Å². The number of aliphatic hydroxyl groups excluding tert-OH is 2. The molecule has 20 heavy (non-hydrogen) atoms. The number of aliphatic hydroxyl groups is 2. The lowest BCUT2D eigenvalue weighted by Crippen LogP contribution is -2.41. The van der Waals surface area contributed by atoms with Crippen LogP contribution in [-0.4, -0.2) is 46.7 Å². The van der Waals surface area contributed by atoms with Crippen LogP contribution < -0.4 is 0 Å². The lowest BCUT2D eigenvalue weighted by atomic mass is 9.80. The molecule has 1 saturated carbocycles. The van der Waals surface area contributed by atoms with Crippen LogP contribution in [0, 0.1) is 0 Å². The van der Waals surface area contributed by atoms with Crippen LogP contribution in [0.2, 0.25) is 0 Å². The van der Waals surface area contributed by atoms with E-state index in [1.165, 1.54) is 5.57 Å². The molecule has 0 aromatic heterocycles. The van der Waals surface area contributed by atoms with E-state index in [9.17, 15) is 15.0 Å². The van der Waals surface area contributed by atoms with Crippen LogP contribution in [0.4, 0.5) is 0 Å². The number of fused-ring (bicyclic) bond motifs is 2. The molecule has 0 amide bonds. The Bertz CT molecular complexity index is 498. The van der Waals surface area contributed by atoms with E-state index in [2.05, 4.69) is 6.08 Å². The van der Waals surface area contributed by atoms with Gasteiger partial charge in [-0.2, -0.15) is 0 Å². The summed E-state index contributed by atoms with van der Waals surface area (Å²) in [5.41, 5.74) is 1.75. The summed E-state index contributed by atoms with van der Waals surface area (Å²) >= 11 is 0. The summed E-state index contributed by atoms with van der Waals surface area (Å²) in [7, 11) is 0. The molecule has 0 spiro atoms. The average molecular weight is 280 g/mol. The number of epoxide rings is 1. The van der Waals surface area contributed by atoms with E-state index in [0.29, 0.717) is 24.0 Å². The molecule has 1 saturated heterocycles. The number of carbonyl (C=O) groups excluding carboxylic acids is 1. The van der Waals surface area contributed by atoms with Crippen LogP contribution in [0.25, 0.3) is 0 Å². The fourth-order valence-corrected chi connectivity index (χ4v) is 3.25. The molecule has 2 heterocycles. The number of esters is 1. The van der Waals surface area contributed by atoms with Crippen LogP contribution in [0.15, 0.2) is 22.8 Å². The fraction of sp³-hybridized carbons (Fsp3) is 0.667. The van der Waals surface area contributed by atoms with Gasteiger partial charge in [-0.3, -0.25) is 0 Å². The topological polar surface area (TPSA) is 79.3 Å². The summed E-state index contributed by atoms with van der Waals surface area (Å²) in [6.45, 7) is 3.87. The van der Waals surface area contributed by atoms with Gasteiger partial charge in [-0.1, -0.05) is 11.6 Å². The normalized spacial score (nSPS) is 38.2. The zero-order valence-electron chi connectivity index (χ0n) is 11.8. The Hall–Kier alpha value is -1.17. The van der Waals surface area contributed by atoms with Crippen LogP contribution in [-0.2, 0) is 14.3 Å². The summed E-state index contributed by atoms with van der Waals surface area (Å²) in [6, 6.07) is 0. The minimum atomic E-state index is -0.839. The third kappa shape index (κ3) is 2.01. The number of allylic oxidation sites excluding steroid dienone is 2. The van der Waals surface area contributed by atoms with Gasteiger partial charge < -0.3 is 19.7 Å². The van der Waals surface area contributed by atoms with Crippen molar-refractivity contribution < 1.29 is 24.5 Å². The van der Waals surface area contributed by atoms with E-state index >= 15 is 0 Å². The van der Waals surface area contributed by atoms with Gasteiger partial charge in [-0.05, 0) is 26.7 Å². The molecular formula is C15H20O5. The molecule has 0 aromatic rings. The minimum Gasteiger partial charge on any atom is -0.454 e. The first-order valence-corrected chi connectivity index (χ1v) is 7.02. The molecular weight excluding hydrogens is 260 g/mol. The van der Waals surface area contributed by atoms with Crippen LogP contribution in [0.5, 0.6) is 0 Å². The van der Waals surface area contributed by atoms with Gasteiger partial charge in [0.15, 0.2) is 0 Å². The van der Waals surface area contributed by atoms with E-state index in [1.807, 2.05) is 13.8 Å². The SMILES string of the molecule is CC(C)=CCCC1=C2C(CC3(CO)OC3C2O)OC1=O. The molecule has 2 aliphatic heterocycles. The Balaban J connectivity index is 1.82. The lowest BCUT2D eigenvalue weighted by Gasteiger charge is -2.26. The first-order chi connectivity index (χ1) is 9.48. The van der Waals surface area contributed by atoms with Crippen molar-refractivity contribution in [1.82, 2.24) is 0 Å². The molecule has 0 bridgehead atoms. The molecule has 5 heteroatoms. The van der Waals surface area contributed by atoms with Crippen molar-refractivity contribution in [3.8, 4) is 0 Å². The third-order valence-electron chi connectivity index (χ3n) is 4.36. The van der Waals surface area contributed by atoms with Gasteiger partial charge in [0.05, 0.1) is 6.61 Å². The van der Waals surface area contributed by atoms with Crippen molar-refractivity contribution in [3.63, 3.8) is 0 Å². The number of hydrogen-bond acceptors (Lipinski definition) is 5. The van der Waals surface area contributed by atoms with Crippen molar-refractivity contribution >= 4 is 5.97 Å². The molecule has 0 aromatic carbocycles. The number of hydrogen-bond donors (Lipinski definition) is 2. The Morgan fingerprint density at radius 1 is 1.50 bits per heavy atom. The monoisotopic (exact) mass is 280 g/mol. The van der Waals surface area contributed by atoms with Gasteiger partial charge in [0.1, 0.15) is 23.9 Å². The molecule has 2 fully saturated rings. The second kappa shape index (κ2) is 4.69. The van der Waals surface area contributed by atoms with Gasteiger partial charge >= 0.3 is 5.97 Å². The summed E-state index contributed by atoms with van der Waals surface area (Å²) < 4.78 is 10.8. The van der Waals surface area contributed by atoms with Crippen molar-refractivity contribution in [1.29, 1.82) is 0 Å². The summed E-state index contributed by atoms with van der Waals surface area (Å²) in [6.07, 6.45) is 2.16.